The molecule has 0 amide bonds. The monoisotopic (exact) mass is 529 g/mol. The van der Waals surface area contributed by atoms with Crippen molar-refractivity contribution in [2.45, 2.75) is 40.2 Å². The van der Waals surface area contributed by atoms with Crippen LogP contribution in [0, 0.1) is 13.8 Å². The number of para-hydroxylation sites is 1. The van der Waals surface area contributed by atoms with Crippen molar-refractivity contribution < 1.29 is 19.1 Å². The van der Waals surface area contributed by atoms with Crippen LogP contribution in [-0.4, -0.2) is 20.9 Å². The van der Waals surface area contributed by atoms with Gasteiger partial charge in [-0.15, -0.1) is 0 Å². The minimum atomic E-state index is -0.995. The fourth-order valence-corrected chi connectivity index (χ4v) is 5.08. The van der Waals surface area contributed by atoms with E-state index in [0.29, 0.717) is 38.9 Å². The molecule has 0 unspecified atom stereocenters. The van der Waals surface area contributed by atoms with Crippen molar-refractivity contribution in [3.05, 3.63) is 94.0 Å². The number of fused-ring (bicyclic) bond motifs is 1. The van der Waals surface area contributed by atoms with Gasteiger partial charge in [-0.3, -0.25) is 0 Å². The molecular formula is C30H28ClN3O4. The van der Waals surface area contributed by atoms with Gasteiger partial charge in [-0.25, -0.2) is 9.48 Å². The summed E-state index contributed by atoms with van der Waals surface area (Å²) in [7, 11) is 0. The second-order valence-electron chi connectivity index (χ2n) is 9.61. The summed E-state index contributed by atoms with van der Waals surface area (Å²) in [6.45, 7) is 8.17. The number of aryl methyl sites for hydroxylation is 2. The Morgan fingerprint density at radius 2 is 1.95 bits per heavy atom. The number of furan rings is 1. The third-order valence-corrected chi connectivity index (χ3v) is 7.02. The molecule has 194 valence electrons. The van der Waals surface area contributed by atoms with Gasteiger partial charge in [-0.2, -0.15) is 5.10 Å². The van der Waals surface area contributed by atoms with Crippen LogP contribution < -0.4 is 10.5 Å². The molecule has 2 aromatic heterocycles. The van der Waals surface area contributed by atoms with Crippen LogP contribution in [-0.2, 0) is 6.61 Å². The summed E-state index contributed by atoms with van der Waals surface area (Å²) in [5.74, 6) is 0.343. The van der Waals surface area contributed by atoms with Gasteiger partial charge in [-0.05, 0) is 78.4 Å². The Balaban J connectivity index is 1.44. The van der Waals surface area contributed by atoms with Gasteiger partial charge in [-0.1, -0.05) is 43.6 Å². The average molecular weight is 530 g/mol. The molecule has 0 spiro atoms. The Morgan fingerprint density at radius 1 is 1.16 bits per heavy atom. The number of nitrogens with zero attached hydrogens (tertiary/aromatic N) is 2. The number of benzene rings is 3. The van der Waals surface area contributed by atoms with Gasteiger partial charge >= 0.3 is 5.97 Å². The largest absolute Gasteiger partial charge is 0.487 e. The minimum absolute atomic E-state index is 0.200. The number of rotatable bonds is 7. The molecule has 0 radical (unpaired) electrons. The second-order valence-corrected chi connectivity index (χ2v) is 10.0. The number of carbonyl (C=O) groups is 1. The fraction of sp³-hybridized carbons (Fsp3) is 0.200. The molecule has 3 aromatic carbocycles. The molecule has 2 heterocycles. The molecule has 8 heteroatoms. The summed E-state index contributed by atoms with van der Waals surface area (Å²) in [6.07, 6.45) is 1.84. The van der Waals surface area contributed by atoms with E-state index < -0.39 is 5.97 Å². The lowest BCUT2D eigenvalue weighted by Crippen LogP contribution is -2.10. The SMILES string of the molecule is Cc1cc(OCc2c(C(C)C)cnn2-c2c(N)cccc2Cl)ccc1-c1ccc2c(C(=O)O)c(C)oc2c1. The van der Waals surface area contributed by atoms with Crippen molar-refractivity contribution >= 4 is 34.2 Å². The Morgan fingerprint density at radius 3 is 2.63 bits per heavy atom. The number of aromatic nitrogens is 2. The standard InChI is InChI=1S/C30H28ClN3O4/c1-16(2)23-14-33-34(29-24(31)6-5-7-25(29)32)26(23)15-37-20-9-11-21(17(3)12-20)19-8-10-22-27(13-19)38-18(4)28(22)30(35)36/h5-14,16H,15,32H2,1-4H3,(H,35,36). The normalized spacial score (nSPS) is 11.4. The molecular weight excluding hydrogens is 502 g/mol. The Kier molecular flexibility index (Phi) is 6.63. The maximum absolute atomic E-state index is 11.6. The number of halogens is 1. The Labute approximate surface area is 225 Å². The molecule has 0 atom stereocenters. The van der Waals surface area contributed by atoms with Gasteiger partial charge in [0.1, 0.15) is 35.0 Å². The minimum Gasteiger partial charge on any atom is -0.487 e. The van der Waals surface area contributed by atoms with E-state index in [9.17, 15) is 9.90 Å². The fourth-order valence-electron chi connectivity index (χ4n) is 4.82. The number of hydrogen-bond acceptors (Lipinski definition) is 5. The van der Waals surface area contributed by atoms with E-state index in [-0.39, 0.29) is 18.1 Å². The smallest absolute Gasteiger partial charge is 0.339 e. The van der Waals surface area contributed by atoms with E-state index >= 15 is 0 Å². The summed E-state index contributed by atoms with van der Waals surface area (Å²) in [5.41, 5.74) is 13.1. The van der Waals surface area contributed by atoms with Crippen molar-refractivity contribution in [1.82, 2.24) is 9.78 Å². The molecule has 5 aromatic rings. The zero-order chi connectivity index (χ0) is 27.1. The quantitative estimate of drug-likeness (QED) is 0.211. The zero-order valence-corrected chi connectivity index (χ0v) is 22.3. The first kappa shape index (κ1) is 25.4. The second kappa shape index (κ2) is 9.91. The number of hydrogen-bond donors (Lipinski definition) is 2. The predicted octanol–water partition coefficient (Wildman–Crippen LogP) is 7.54. The molecule has 3 N–H and O–H groups in total. The summed E-state index contributed by atoms with van der Waals surface area (Å²) < 4.78 is 13.7. The van der Waals surface area contributed by atoms with Crippen LogP contribution in [0.2, 0.25) is 5.02 Å². The van der Waals surface area contributed by atoms with Crippen LogP contribution in [0.4, 0.5) is 5.69 Å². The molecule has 5 rings (SSSR count). The number of ether oxygens (including phenoxy) is 1. The highest BCUT2D eigenvalue weighted by Crippen LogP contribution is 2.34. The number of carboxylic acid groups (broad SMARTS) is 1. The van der Waals surface area contributed by atoms with Crippen molar-refractivity contribution in [1.29, 1.82) is 0 Å². The molecule has 38 heavy (non-hydrogen) atoms. The molecule has 0 bridgehead atoms. The number of nitrogen functional groups attached to an aromatic ring is 1. The van der Waals surface area contributed by atoms with Crippen LogP contribution in [0.1, 0.15) is 52.7 Å². The lowest BCUT2D eigenvalue weighted by molar-refractivity contribution is 0.0697. The van der Waals surface area contributed by atoms with E-state index in [1.54, 1.807) is 29.8 Å². The summed E-state index contributed by atoms with van der Waals surface area (Å²) >= 11 is 6.48. The molecule has 7 nitrogen and oxygen atoms in total. The first-order valence-electron chi connectivity index (χ1n) is 12.3. The molecule has 0 aliphatic carbocycles. The van der Waals surface area contributed by atoms with E-state index in [2.05, 4.69) is 18.9 Å². The molecule has 0 saturated carbocycles. The first-order chi connectivity index (χ1) is 18.2. The summed E-state index contributed by atoms with van der Waals surface area (Å²) in [6, 6.07) is 16.9. The highest BCUT2D eigenvalue weighted by Gasteiger charge is 2.20. The van der Waals surface area contributed by atoms with Crippen LogP contribution in [0.15, 0.2) is 65.2 Å². The number of aromatic carboxylic acids is 1. The maximum atomic E-state index is 11.6. The first-order valence-corrected chi connectivity index (χ1v) is 12.6. The lowest BCUT2D eigenvalue weighted by atomic mass is 9.99. The lowest BCUT2D eigenvalue weighted by Gasteiger charge is -2.16. The van der Waals surface area contributed by atoms with Crippen LogP contribution in [0.3, 0.4) is 0 Å². The Bertz CT molecular complexity index is 1660. The summed E-state index contributed by atoms with van der Waals surface area (Å²) in [5, 5.41) is 15.2. The van der Waals surface area contributed by atoms with Gasteiger partial charge in [0.05, 0.1) is 22.6 Å². The topological polar surface area (TPSA) is 104 Å². The highest BCUT2D eigenvalue weighted by atomic mass is 35.5. The van der Waals surface area contributed by atoms with Crippen molar-refractivity contribution in [2.24, 2.45) is 0 Å². The van der Waals surface area contributed by atoms with E-state index in [1.165, 1.54) is 0 Å². The van der Waals surface area contributed by atoms with Crippen molar-refractivity contribution in [3.63, 3.8) is 0 Å². The number of nitrogens with two attached hydrogens (primary N) is 1. The molecule has 0 aliphatic heterocycles. The average Bonchev–Trinajstić information content (AvgIpc) is 3.42. The van der Waals surface area contributed by atoms with Gasteiger partial charge < -0.3 is 20.0 Å². The molecule has 0 saturated heterocycles. The zero-order valence-electron chi connectivity index (χ0n) is 21.6. The number of anilines is 1. The van der Waals surface area contributed by atoms with Crippen LogP contribution in [0.25, 0.3) is 27.8 Å². The van der Waals surface area contributed by atoms with Crippen LogP contribution >= 0.6 is 11.6 Å². The van der Waals surface area contributed by atoms with E-state index in [0.717, 1.165) is 27.9 Å². The van der Waals surface area contributed by atoms with Gasteiger partial charge in [0.15, 0.2) is 0 Å². The third-order valence-electron chi connectivity index (χ3n) is 6.72. The van der Waals surface area contributed by atoms with Gasteiger partial charge in [0.25, 0.3) is 0 Å². The molecule has 0 aliphatic rings. The summed E-state index contributed by atoms with van der Waals surface area (Å²) in [4.78, 5) is 11.6. The van der Waals surface area contributed by atoms with Crippen molar-refractivity contribution in [3.8, 4) is 22.6 Å². The molecule has 0 fully saturated rings. The van der Waals surface area contributed by atoms with Gasteiger partial charge in [0.2, 0.25) is 0 Å². The highest BCUT2D eigenvalue weighted by molar-refractivity contribution is 6.32. The Hall–Kier alpha value is -4.23. The van der Waals surface area contributed by atoms with E-state index in [1.807, 2.05) is 49.5 Å². The van der Waals surface area contributed by atoms with Crippen molar-refractivity contribution in [2.75, 3.05) is 5.73 Å². The maximum Gasteiger partial charge on any atom is 0.339 e. The number of carboxylic acids is 1. The predicted molar refractivity (Wildman–Crippen MR) is 149 cm³/mol. The van der Waals surface area contributed by atoms with E-state index in [4.69, 9.17) is 26.5 Å². The van der Waals surface area contributed by atoms with Gasteiger partial charge in [0, 0.05) is 5.39 Å². The van der Waals surface area contributed by atoms with Crippen LogP contribution in [0.5, 0.6) is 5.75 Å². The third kappa shape index (κ3) is 4.50.